The van der Waals surface area contributed by atoms with Crippen LogP contribution in [-0.4, -0.2) is 26.4 Å². The van der Waals surface area contributed by atoms with E-state index in [4.69, 9.17) is 0 Å². The number of hydrogen-bond acceptors (Lipinski definition) is 5. The zero-order valence-electron chi connectivity index (χ0n) is 14.4. The average Bonchev–Trinajstić information content (AvgIpc) is 3.17. The van der Waals surface area contributed by atoms with Crippen LogP contribution in [0.4, 0.5) is 5.69 Å². The molecule has 1 amide bonds. The van der Waals surface area contributed by atoms with Crippen molar-refractivity contribution in [1.82, 2.24) is 14.8 Å². The van der Waals surface area contributed by atoms with Crippen LogP contribution in [0.15, 0.2) is 40.9 Å². The number of aryl methyl sites for hydroxylation is 1. The number of benzene rings is 1. The van der Waals surface area contributed by atoms with Gasteiger partial charge in [-0.15, -0.1) is 21.5 Å². The Balaban J connectivity index is 1.71. The second-order valence-corrected chi connectivity index (χ2v) is 7.61. The quantitative estimate of drug-likeness (QED) is 0.653. The third-order valence-electron chi connectivity index (χ3n) is 3.95. The zero-order chi connectivity index (χ0) is 17.8. The van der Waals surface area contributed by atoms with Crippen LogP contribution in [0.25, 0.3) is 11.4 Å². The summed E-state index contributed by atoms with van der Waals surface area (Å²) in [6, 6.07) is 9.46. The molecule has 3 rings (SSSR count). The van der Waals surface area contributed by atoms with Crippen LogP contribution < -0.4 is 5.32 Å². The minimum atomic E-state index is -0.0500. The second kappa shape index (κ2) is 7.84. The summed E-state index contributed by atoms with van der Waals surface area (Å²) in [5, 5.41) is 14.4. The Morgan fingerprint density at radius 3 is 2.64 bits per heavy atom. The van der Waals surface area contributed by atoms with Gasteiger partial charge in [0.2, 0.25) is 5.91 Å². The predicted molar refractivity (Wildman–Crippen MR) is 104 cm³/mol. The number of nitrogens with zero attached hydrogens (tertiary/aromatic N) is 3. The molecule has 0 radical (unpaired) electrons. The van der Waals surface area contributed by atoms with Crippen molar-refractivity contribution in [2.24, 2.45) is 0 Å². The SMILES string of the molecule is CCn1c(SCC(=O)Nc2ccccc2)nnc1-c1csc(C)c1C. The Morgan fingerprint density at radius 1 is 1.24 bits per heavy atom. The number of carbonyl (C=O) groups excluding carboxylic acids is 1. The summed E-state index contributed by atoms with van der Waals surface area (Å²) in [5.74, 6) is 1.12. The fraction of sp³-hybridized carbons (Fsp3) is 0.278. The van der Waals surface area contributed by atoms with Crippen LogP contribution in [0.2, 0.25) is 0 Å². The lowest BCUT2D eigenvalue weighted by molar-refractivity contribution is -0.113. The maximum Gasteiger partial charge on any atom is 0.234 e. The van der Waals surface area contributed by atoms with Gasteiger partial charge in [0.25, 0.3) is 0 Å². The van der Waals surface area contributed by atoms with Crippen LogP contribution in [0.1, 0.15) is 17.4 Å². The number of carbonyl (C=O) groups is 1. The van der Waals surface area contributed by atoms with E-state index in [2.05, 4.69) is 46.2 Å². The highest BCUT2D eigenvalue weighted by Crippen LogP contribution is 2.31. The van der Waals surface area contributed by atoms with Gasteiger partial charge in [-0.1, -0.05) is 30.0 Å². The minimum Gasteiger partial charge on any atom is -0.325 e. The number of anilines is 1. The number of thiophene rings is 1. The number of aromatic nitrogens is 3. The van der Waals surface area contributed by atoms with Crippen LogP contribution in [0.3, 0.4) is 0 Å². The van der Waals surface area contributed by atoms with E-state index in [-0.39, 0.29) is 5.91 Å². The molecule has 0 spiro atoms. The molecule has 0 unspecified atom stereocenters. The molecular formula is C18H20N4OS2. The number of para-hydroxylation sites is 1. The molecule has 130 valence electrons. The average molecular weight is 373 g/mol. The van der Waals surface area contributed by atoms with Crippen LogP contribution in [0, 0.1) is 13.8 Å². The monoisotopic (exact) mass is 372 g/mol. The van der Waals surface area contributed by atoms with E-state index in [1.165, 1.54) is 22.2 Å². The molecule has 0 bridgehead atoms. The smallest absolute Gasteiger partial charge is 0.234 e. The molecule has 0 aliphatic carbocycles. The molecule has 3 aromatic rings. The molecular weight excluding hydrogens is 352 g/mol. The van der Waals surface area contributed by atoms with E-state index in [1.54, 1.807) is 11.3 Å². The fourth-order valence-electron chi connectivity index (χ4n) is 2.46. The molecule has 7 heteroatoms. The van der Waals surface area contributed by atoms with Gasteiger partial charge in [-0.05, 0) is 38.5 Å². The van der Waals surface area contributed by atoms with Gasteiger partial charge in [0.1, 0.15) is 0 Å². The number of thioether (sulfide) groups is 1. The van der Waals surface area contributed by atoms with E-state index in [1.807, 2.05) is 30.3 Å². The molecule has 1 aromatic carbocycles. The third kappa shape index (κ3) is 3.93. The molecule has 25 heavy (non-hydrogen) atoms. The van der Waals surface area contributed by atoms with E-state index in [0.717, 1.165) is 28.8 Å². The van der Waals surface area contributed by atoms with Crippen molar-refractivity contribution in [3.63, 3.8) is 0 Å². The highest BCUT2D eigenvalue weighted by atomic mass is 32.2. The predicted octanol–water partition coefficient (Wildman–Crippen LogP) is 4.37. The zero-order valence-corrected chi connectivity index (χ0v) is 16.1. The number of rotatable bonds is 6. The number of nitrogens with one attached hydrogen (secondary N) is 1. The van der Waals surface area contributed by atoms with Gasteiger partial charge in [0, 0.05) is 28.1 Å². The van der Waals surface area contributed by atoms with Gasteiger partial charge in [0.15, 0.2) is 11.0 Å². The van der Waals surface area contributed by atoms with Crippen molar-refractivity contribution in [3.05, 3.63) is 46.2 Å². The third-order valence-corrected chi connectivity index (χ3v) is 5.93. The second-order valence-electron chi connectivity index (χ2n) is 5.58. The van der Waals surface area contributed by atoms with Crippen molar-refractivity contribution < 1.29 is 4.79 Å². The lowest BCUT2D eigenvalue weighted by Crippen LogP contribution is -2.14. The van der Waals surface area contributed by atoms with Crippen molar-refractivity contribution in [1.29, 1.82) is 0 Å². The van der Waals surface area contributed by atoms with Crippen LogP contribution >= 0.6 is 23.1 Å². The number of amides is 1. The Labute approximate surface area is 155 Å². The Hall–Kier alpha value is -2.12. The topological polar surface area (TPSA) is 59.8 Å². The highest BCUT2D eigenvalue weighted by molar-refractivity contribution is 7.99. The Kier molecular flexibility index (Phi) is 5.55. The van der Waals surface area contributed by atoms with Crippen molar-refractivity contribution in [2.75, 3.05) is 11.1 Å². The van der Waals surface area contributed by atoms with Gasteiger partial charge < -0.3 is 9.88 Å². The molecule has 2 aromatic heterocycles. The van der Waals surface area contributed by atoms with Gasteiger partial charge in [-0.3, -0.25) is 4.79 Å². The molecule has 0 fully saturated rings. The first-order chi connectivity index (χ1) is 12.1. The first-order valence-corrected chi connectivity index (χ1v) is 9.92. The minimum absolute atomic E-state index is 0.0500. The molecule has 5 nitrogen and oxygen atoms in total. The summed E-state index contributed by atoms with van der Waals surface area (Å²) >= 11 is 3.13. The summed E-state index contributed by atoms with van der Waals surface area (Å²) in [6.45, 7) is 7.05. The maximum atomic E-state index is 12.1. The van der Waals surface area contributed by atoms with Gasteiger partial charge in [0.05, 0.1) is 5.75 Å². The van der Waals surface area contributed by atoms with Crippen molar-refractivity contribution >= 4 is 34.7 Å². The molecule has 0 aliphatic heterocycles. The van der Waals surface area contributed by atoms with Gasteiger partial charge >= 0.3 is 0 Å². The first kappa shape index (κ1) is 17.7. The number of hydrogen-bond donors (Lipinski definition) is 1. The summed E-state index contributed by atoms with van der Waals surface area (Å²) in [4.78, 5) is 13.4. The fourth-order valence-corrected chi connectivity index (χ4v) is 4.13. The summed E-state index contributed by atoms with van der Waals surface area (Å²) < 4.78 is 2.06. The molecule has 0 aliphatic rings. The van der Waals surface area contributed by atoms with Gasteiger partial charge in [-0.2, -0.15) is 0 Å². The van der Waals surface area contributed by atoms with E-state index < -0.39 is 0 Å². The van der Waals surface area contributed by atoms with E-state index >= 15 is 0 Å². The summed E-state index contributed by atoms with van der Waals surface area (Å²) in [5.41, 5.74) is 3.16. The van der Waals surface area contributed by atoms with Crippen LogP contribution in [0.5, 0.6) is 0 Å². The maximum absolute atomic E-state index is 12.1. The largest absolute Gasteiger partial charge is 0.325 e. The molecule has 0 saturated heterocycles. The lowest BCUT2D eigenvalue weighted by Gasteiger charge is -2.08. The first-order valence-electron chi connectivity index (χ1n) is 8.06. The van der Waals surface area contributed by atoms with Crippen molar-refractivity contribution in [3.8, 4) is 11.4 Å². The summed E-state index contributed by atoms with van der Waals surface area (Å²) in [7, 11) is 0. The molecule has 0 saturated carbocycles. The highest BCUT2D eigenvalue weighted by Gasteiger charge is 2.17. The van der Waals surface area contributed by atoms with Crippen molar-refractivity contribution in [2.45, 2.75) is 32.5 Å². The molecule has 0 atom stereocenters. The molecule has 1 N–H and O–H groups in total. The lowest BCUT2D eigenvalue weighted by atomic mass is 10.1. The van der Waals surface area contributed by atoms with Gasteiger partial charge in [-0.25, -0.2) is 0 Å². The standard InChI is InChI=1S/C18H20N4OS2/c1-4-22-17(15-10-24-13(3)12(15)2)20-21-18(22)25-11-16(23)19-14-8-6-5-7-9-14/h5-10H,4,11H2,1-3H3,(H,19,23). The van der Waals surface area contributed by atoms with E-state index in [9.17, 15) is 4.79 Å². The Morgan fingerprint density at radius 2 is 2.00 bits per heavy atom. The van der Waals surface area contributed by atoms with E-state index in [0.29, 0.717) is 5.75 Å². The molecule has 2 heterocycles. The van der Waals surface area contributed by atoms with Crippen LogP contribution in [-0.2, 0) is 11.3 Å². The normalized spacial score (nSPS) is 10.8. The Bertz CT molecular complexity index is 871. The summed E-state index contributed by atoms with van der Waals surface area (Å²) in [6.07, 6.45) is 0.